The number of rotatable bonds is 7. The Hall–Kier alpha value is -3.42. The molecule has 0 fully saturated rings. The van der Waals surface area contributed by atoms with Crippen LogP contribution in [0.15, 0.2) is 85.1 Å². The van der Waals surface area contributed by atoms with Crippen LogP contribution >= 0.6 is 11.6 Å². The Labute approximate surface area is 211 Å². The first-order chi connectivity index (χ1) is 17.1. The molecule has 0 saturated heterocycles. The van der Waals surface area contributed by atoms with Crippen molar-refractivity contribution in [2.75, 3.05) is 0 Å². The summed E-state index contributed by atoms with van der Waals surface area (Å²) in [6.07, 6.45) is -3.15. The van der Waals surface area contributed by atoms with Gasteiger partial charge < -0.3 is 5.11 Å². The zero-order chi connectivity index (χ0) is 25.9. The van der Waals surface area contributed by atoms with E-state index < -0.39 is 23.1 Å². The van der Waals surface area contributed by atoms with Crippen molar-refractivity contribution in [1.82, 2.24) is 10.3 Å². The number of benzene rings is 3. The second-order valence-corrected chi connectivity index (χ2v) is 9.07. The first-order valence-corrected chi connectivity index (χ1v) is 11.5. The average molecular weight is 515 g/mol. The molecule has 36 heavy (non-hydrogen) atoms. The van der Waals surface area contributed by atoms with Gasteiger partial charge in [0, 0.05) is 19.2 Å². The Morgan fingerprint density at radius 2 is 1.61 bits per heavy atom. The number of hydrogen-bond donors (Lipinski definition) is 2. The average Bonchev–Trinajstić information content (AvgIpc) is 2.84. The Kier molecular flexibility index (Phi) is 7.33. The van der Waals surface area contributed by atoms with E-state index in [1.807, 2.05) is 30.3 Å². The molecular weight excluding hydrogens is 492 g/mol. The number of aromatic nitrogens is 1. The summed E-state index contributed by atoms with van der Waals surface area (Å²) in [6, 6.07) is 20.0. The van der Waals surface area contributed by atoms with Gasteiger partial charge in [-0.1, -0.05) is 54.1 Å². The molecule has 8 heteroatoms. The molecule has 0 spiro atoms. The maximum absolute atomic E-state index is 14.7. The van der Waals surface area contributed by atoms with Crippen LogP contribution in [-0.2, 0) is 24.7 Å². The summed E-state index contributed by atoms with van der Waals surface area (Å²) >= 11 is 6.07. The molecule has 3 aromatic carbocycles. The van der Waals surface area contributed by atoms with E-state index in [0.29, 0.717) is 22.3 Å². The third-order valence-corrected chi connectivity index (χ3v) is 6.27. The molecule has 0 aliphatic carbocycles. The fourth-order valence-corrected chi connectivity index (χ4v) is 4.32. The highest BCUT2D eigenvalue weighted by atomic mass is 35.5. The maximum Gasteiger partial charge on any atom is 0.416 e. The Bertz CT molecular complexity index is 1340. The topological polar surface area (TPSA) is 45.2 Å². The largest absolute Gasteiger partial charge is 0.508 e. The van der Waals surface area contributed by atoms with E-state index in [1.165, 1.54) is 6.20 Å². The molecule has 4 aromatic rings. The van der Waals surface area contributed by atoms with Crippen molar-refractivity contribution in [2.24, 2.45) is 0 Å². The van der Waals surface area contributed by atoms with Gasteiger partial charge in [0.15, 0.2) is 0 Å². The van der Waals surface area contributed by atoms with Gasteiger partial charge in [-0.05, 0) is 65.6 Å². The number of nitrogens with zero attached hydrogens (tertiary/aromatic N) is 1. The molecule has 3 nitrogen and oxygen atoms in total. The highest BCUT2D eigenvalue weighted by molar-refractivity contribution is 6.30. The van der Waals surface area contributed by atoms with Gasteiger partial charge >= 0.3 is 6.18 Å². The summed E-state index contributed by atoms with van der Waals surface area (Å²) < 4.78 is 55.8. The van der Waals surface area contributed by atoms with Crippen LogP contribution in [0.3, 0.4) is 0 Å². The Balaban J connectivity index is 1.92. The second kappa shape index (κ2) is 10.3. The lowest BCUT2D eigenvalue weighted by Gasteiger charge is -2.36. The van der Waals surface area contributed by atoms with Crippen LogP contribution in [0.5, 0.6) is 5.75 Å². The van der Waals surface area contributed by atoms with E-state index >= 15 is 0 Å². The van der Waals surface area contributed by atoms with E-state index in [2.05, 4.69) is 10.3 Å². The van der Waals surface area contributed by atoms with Crippen LogP contribution in [0, 0.1) is 12.7 Å². The molecule has 1 atom stereocenters. The van der Waals surface area contributed by atoms with Crippen LogP contribution in [0.1, 0.15) is 33.5 Å². The number of phenolic OH excluding ortho intramolecular Hbond substituents is 1. The quantitative estimate of drug-likeness (QED) is 0.257. The lowest BCUT2D eigenvalue weighted by molar-refractivity contribution is -0.137. The first kappa shape index (κ1) is 25.7. The van der Waals surface area contributed by atoms with Crippen molar-refractivity contribution in [1.29, 1.82) is 0 Å². The van der Waals surface area contributed by atoms with Gasteiger partial charge in [-0.3, -0.25) is 10.3 Å². The van der Waals surface area contributed by atoms with Gasteiger partial charge in [-0.2, -0.15) is 13.2 Å². The SMILES string of the molecule is Cc1cc(CNC(Cc2ccccc2)(c2cc(F)cc(C(F)(F)F)c2)c2ccc(Cl)cn2)ccc1O. The number of aryl methyl sites for hydroxylation is 1. The minimum Gasteiger partial charge on any atom is -0.508 e. The predicted molar refractivity (Wildman–Crippen MR) is 131 cm³/mol. The molecule has 0 amide bonds. The maximum atomic E-state index is 14.7. The summed E-state index contributed by atoms with van der Waals surface area (Å²) in [4.78, 5) is 4.45. The number of alkyl halides is 3. The fraction of sp³-hybridized carbons (Fsp3) is 0.179. The lowest BCUT2D eigenvalue weighted by atomic mass is 9.79. The summed E-state index contributed by atoms with van der Waals surface area (Å²) in [7, 11) is 0. The fourth-order valence-electron chi connectivity index (χ4n) is 4.21. The summed E-state index contributed by atoms with van der Waals surface area (Å²) in [5.74, 6) is -0.873. The van der Waals surface area contributed by atoms with Crippen molar-refractivity contribution < 1.29 is 22.7 Å². The van der Waals surface area contributed by atoms with Gasteiger partial charge in [0.05, 0.1) is 21.8 Å². The summed E-state index contributed by atoms with van der Waals surface area (Å²) in [5, 5.41) is 13.6. The van der Waals surface area contributed by atoms with E-state index in [4.69, 9.17) is 11.6 Å². The van der Waals surface area contributed by atoms with E-state index in [-0.39, 0.29) is 24.3 Å². The number of nitrogens with one attached hydrogen (secondary N) is 1. The standard InChI is InChI=1S/C28H23ClF4N2O/c1-18-11-20(7-9-25(18)36)16-35-27(15-19-5-3-2-4-6-19,26-10-8-23(29)17-34-26)21-12-22(28(31,32)33)14-24(30)13-21/h2-14,17,35-36H,15-16H2,1H3. The molecule has 1 aromatic heterocycles. The van der Waals surface area contributed by atoms with Gasteiger partial charge in [0.25, 0.3) is 0 Å². The monoisotopic (exact) mass is 514 g/mol. The summed E-state index contributed by atoms with van der Waals surface area (Å²) in [6.45, 7) is 1.95. The molecule has 0 radical (unpaired) electrons. The molecule has 1 unspecified atom stereocenters. The number of aromatic hydroxyl groups is 1. The minimum atomic E-state index is -4.74. The summed E-state index contributed by atoms with van der Waals surface area (Å²) in [5.41, 5.74) is 0.253. The first-order valence-electron chi connectivity index (χ1n) is 11.1. The number of hydrogen-bond acceptors (Lipinski definition) is 3. The van der Waals surface area contributed by atoms with Crippen molar-refractivity contribution in [3.8, 4) is 5.75 Å². The van der Waals surface area contributed by atoms with Crippen LogP contribution in [0.4, 0.5) is 17.6 Å². The third kappa shape index (κ3) is 5.69. The van der Waals surface area contributed by atoms with Crippen molar-refractivity contribution in [2.45, 2.75) is 31.6 Å². The number of halogens is 5. The van der Waals surface area contributed by atoms with Crippen LogP contribution in [0.2, 0.25) is 5.02 Å². The van der Waals surface area contributed by atoms with Crippen molar-refractivity contribution in [3.05, 3.63) is 129 Å². The zero-order valence-electron chi connectivity index (χ0n) is 19.3. The van der Waals surface area contributed by atoms with E-state index in [0.717, 1.165) is 23.3 Å². The van der Waals surface area contributed by atoms with E-state index in [1.54, 1.807) is 37.3 Å². The molecule has 0 aliphatic rings. The molecule has 0 saturated carbocycles. The molecule has 4 rings (SSSR count). The molecule has 1 heterocycles. The smallest absolute Gasteiger partial charge is 0.416 e. The highest BCUT2D eigenvalue weighted by Gasteiger charge is 2.39. The van der Waals surface area contributed by atoms with Gasteiger partial charge in [-0.25, -0.2) is 4.39 Å². The molecule has 2 N–H and O–H groups in total. The van der Waals surface area contributed by atoms with Crippen molar-refractivity contribution >= 4 is 11.6 Å². The second-order valence-electron chi connectivity index (χ2n) is 8.63. The van der Waals surface area contributed by atoms with Gasteiger partial charge in [-0.15, -0.1) is 0 Å². The van der Waals surface area contributed by atoms with Gasteiger partial charge in [0.1, 0.15) is 11.6 Å². The van der Waals surface area contributed by atoms with E-state index in [9.17, 15) is 22.7 Å². The number of phenols is 1. The third-order valence-electron chi connectivity index (χ3n) is 6.05. The predicted octanol–water partition coefficient (Wildman–Crippen LogP) is 7.18. The Morgan fingerprint density at radius 3 is 2.25 bits per heavy atom. The normalized spacial score (nSPS) is 13.4. The highest BCUT2D eigenvalue weighted by Crippen LogP contribution is 2.38. The molecule has 0 bridgehead atoms. The van der Waals surface area contributed by atoms with Gasteiger partial charge in [0.2, 0.25) is 0 Å². The van der Waals surface area contributed by atoms with Crippen LogP contribution < -0.4 is 5.32 Å². The minimum absolute atomic E-state index is 0.0731. The lowest BCUT2D eigenvalue weighted by Crippen LogP contribution is -2.46. The molecule has 0 aliphatic heterocycles. The Morgan fingerprint density at radius 1 is 0.889 bits per heavy atom. The van der Waals surface area contributed by atoms with Crippen LogP contribution in [-0.4, -0.2) is 10.1 Å². The molecule has 186 valence electrons. The zero-order valence-corrected chi connectivity index (χ0v) is 20.0. The van der Waals surface area contributed by atoms with Crippen LogP contribution in [0.25, 0.3) is 0 Å². The van der Waals surface area contributed by atoms with Crippen molar-refractivity contribution in [3.63, 3.8) is 0 Å². The number of pyridine rings is 1. The molecular formula is C28H23ClF4N2O.